The highest BCUT2D eigenvalue weighted by Gasteiger charge is 2.18. The summed E-state index contributed by atoms with van der Waals surface area (Å²) in [6, 6.07) is 0.132. The summed E-state index contributed by atoms with van der Waals surface area (Å²) in [6.07, 6.45) is 8.05. The summed E-state index contributed by atoms with van der Waals surface area (Å²) in [5, 5.41) is 4.14. The lowest BCUT2D eigenvalue weighted by atomic mass is 10.0. The fourth-order valence-corrected chi connectivity index (χ4v) is 2.22. The summed E-state index contributed by atoms with van der Waals surface area (Å²) >= 11 is 0. The first kappa shape index (κ1) is 9.57. The summed E-state index contributed by atoms with van der Waals surface area (Å²) in [5.41, 5.74) is 2.56. The Balaban J connectivity index is 1.92. The molecule has 5 heteroatoms. The van der Waals surface area contributed by atoms with Crippen molar-refractivity contribution in [2.24, 2.45) is 0 Å². The highest BCUT2D eigenvalue weighted by Crippen LogP contribution is 2.22. The summed E-state index contributed by atoms with van der Waals surface area (Å²) in [5.74, 6) is 0.998. The van der Waals surface area contributed by atoms with Crippen LogP contribution in [0.5, 0.6) is 0 Å². The van der Waals surface area contributed by atoms with E-state index in [4.69, 9.17) is 0 Å². The number of H-pyrrole nitrogens is 1. The zero-order chi connectivity index (χ0) is 11.0. The number of aryl methyl sites for hydroxylation is 2. The van der Waals surface area contributed by atoms with Gasteiger partial charge in [0.25, 0.3) is 0 Å². The number of imidazole rings is 1. The lowest BCUT2D eigenvalue weighted by molar-refractivity contribution is 0.538. The average molecular weight is 217 g/mol. The van der Waals surface area contributed by atoms with Gasteiger partial charge in [0.1, 0.15) is 24.5 Å². The Bertz CT molecular complexity index is 447. The summed E-state index contributed by atoms with van der Waals surface area (Å²) in [6.45, 7) is 2.08. The number of hydrogen-bond acceptors (Lipinski definition) is 3. The van der Waals surface area contributed by atoms with Crippen molar-refractivity contribution in [2.75, 3.05) is 0 Å². The molecule has 0 saturated carbocycles. The van der Waals surface area contributed by atoms with Crippen LogP contribution < -0.4 is 0 Å². The quantitative estimate of drug-likeness (QED) is 0.829. The predicted octanol–water partition coefficient (Wildman–Crippen LogP) is 1.49. The van der Waals surface area contributed by atoms with E-state index < -0.39 is 0 Å². The van der Waals surface area contributed by atoms with Gasteiger partial charge in [-0.2, -0.15) is 5.10 Å². The second kappa shape index (κ2) is 3.73. The normalized spacial score (nSPS) is 17.1. The molecule has 1 atom stereocenters. The lowest BCUT2D eigenvalue weighted by Gasteiger charge is -2.07. The molecule has 3 rings (SSSR count). The van der Waals surface area contributed by atoms with Gasteiger partial charge in [-0.25, -0.2) is 14.6 Å². The fraction of sp³-hybridized carbons (Fsp3) is 0.545. The van der Waals surface area contributed by atoms with E-state index in [1.165, 1.54) is 24.2 Å². The first-order valence-electron chi connectivity index (χ1n) is 5.76. The van der Waals surface area contributed by atoms with E-state index in [0.717, 1.165) is 18.7 Å². The molecule has 1 aliphatic carbocycles. The van der Waals surface area contributed by atoms with Gasteiger partial charge >= 0.3 is 0 Å². The Kier molecular flexibility index (Phi) is 2.23. The standard InChI is InChI=1S/C11H15N5/c1-8(16-7-12-6-13-16)11-14-9-4-2-3-5-10(9)15-11/h6-8H,2-5H2,1H3,(H,14,15). The van der Waals surface area contributed by atoms with E-state index in [2.05, 4.69) is 27.0 Å². The third-order valence-corrected chi connectivity index (χ3v) is 3.20. The van der Waals surface area contributed by atoms with Crippen molar-refractivity contribution in [3.05, 3.63) is 29.9 Å². The van der Waals surface area contributed by atoms with E-state index in [-0.39, 0.29) is 6.04 Å². The first-order valence-corrected chi connectivity index (χ1v) is 5.76. The molecule has 0 aromatic carbocycles. The maximum absolute atomic E-state index is 4.66. The van der Waals surface area contributed by atoms with Gasteiger partial charge in [-0.15, -0.1) is 0 Å². The van der Waals surface area contributed by atoms with Crippen LogP contribution in [0.3, 0.4) is 0 Å². The Morgan fingerprint density at radius 2 is 2.25 bits per heavy atom. The number of aromatic nitrogens is 5. The van der Waals surface area contributed by atoms with Crippen LogP contribution in [0.25, 0.3) is 0 Å². The molecule has 0 radical (unpaired) electrons. The van der Waals surface area contributed by atoms with Crippen molar-refractivity contribution in [2.45, 2.75) is 38.6 Å². The van der Waals surface area contributed by atoms with Crippen LogP contribution in [-0.2, 0) is 12.8 Å². The molecule has 1 N–H and O–H groups in total. The van der Waals surface area contributed by atoms with Crippen LogP contribution >= 0.6 is 0 Å². The number of nitrogens with zero attached hydrogens (tertiary/aromatic N) is 4. The molecular formula is C11H15N5. The molecule has 2 aromatic rings. The molecule has 5 nitrogen and oxygen atoms in total. The molecule has 2 heterocycles. The van der Waals surface area contributed by atoms with Gasteiger partial charge in [0.15, 0.2) is 0 Å². The molecule has 1 aliphatic rings. The Morgan fingerprint density at radius 3 is 3.00 bits per heavy atom. The molecule has 0 saturated heterocycles. The molecule has 0 amide bonds. The minimum absolute atomic E-state index is 0.132. The highest BCUT2D eigenvalue weighted by molar-refractivity contribution is 5.19. The summed E-state index contributed by atoms with van der Waals surface area (Å²) in [4.78, 5) is 12.0. The topological polar surface area (TPSA) is 59.4 Å². The lowest BCUT2D eigenvalue weighted by Crippen LogP contribution is -2.09. The molecule has 2 aromatic heterocycles. The largest absolute Gasteiger partial charge is 0.344 e. The van der Waals surface area contributed by atoms with Crippen LogP contribution in [0.1, 0.15) is 43.0 Å². The Hall–Kier alpha value is -1.65. The van der Waals surface area contributed by atoms with Crippen LogP contribution in [-0.4, -0.2) is 24.7 Å². The van der Waals surface area contributed by atoms with Crippen molar-refractivity contribution < 1.29 is 0 Å². The third-order valence-electron chi connectivity index (χ3n) is 3.20. The van der Waals surface area contributed by atoms with Crippen molar-refractivity contribution in [3.63, 3.8) is 0 Å². The number of rotatable bonds is 2. The van der Waals surface area contributed by atoms with Crippen LogP contribution in [0, 0.1) is 0 Å². The van der Waals surface area contributed by atoms with Gasteiger partial charge in [-0.05, 0) is 32.6 Å². The van der Waals surface area contributed by atoms with Gasteiger partial charge in [-0.1, -0.05) is 0 Å². The van der Waals surface area contributed by atoms with Crippen LogP contribution in [0.15, 0.2) is 12.7 Å². The molecule has 1 unspecified atom stereocenters. The molecule has 0 aliphatic heterocycles. The Labute approximate surface area is 93.9 Å². The molecule has 0 bridgehead atoms. The van der Waals surface area contributed by atoms with Crippen molar-refractivity contribution in [1.29, 1.82) is 0 Å². The van der Waals surface area contributed by atoms with Crippen LogP contribution in [0.4, 0.5) is 0 Å². The van der Waals surface area contributed by atoms with Crippen molar-refractivity contribution in [3.8, 4) is 0 Å². The summed E-state index contributed by atoms with van der Waals surface area (Å²) in [7, 11) is 0. The zero-order valence-electron chi connectivity index (χ0n) is 9.35. The minimum Gasteiger partial charge on any atom is -0.344 e. The molecule has 0 fully saturated rings. The predicted molar refractivity (Wildman–Crippen MR) is 59.1 cm³/mol. The number of hydrogen-bond donors (Lipinski definition) is 1. The SMILES string of the molecule is CC(c1nc2c([nH]1)CCCC2)n1cncn1. The van der Waals surface area contributed by atoms with Crippen molar-refractivity contribution in [1.82, 2.24) is 24.7 Å². The smallest absolute Gasteiger partial charge is 0.137 e. The summed E-state index contributed by atoms with van der Waals surface area (Å²) < 4.78 is 1.82. The second-order valence-corrected chi connectivity index (χ2v) is 4.31. The average Bonchev–Trinajstić information content (AvgIpc) is 2.97. The maximum atomic E-state index is 4.66. The van der Waals surface area contributed by atoms with Gasteiger partial charge < -0.3 is 4.98 Å². The Morgan fingerprint density at radius 1 is 1.38 bits per heavy atom. The van der Waals surface area contributed by atoms with Gasteiger partial charge in [0.2, 0.25) is 0 Å². The number of nitrogens with one attached hydrogen (secondary N) is 1. The highest BCUT2D eigenvalue weighted by atomic mass is 15.3. The van der Waals surface area contributed by atoms with E-state index in [1.807, 2.05) is 4.68 Å². The van der Waals surface area contributed by atoms with E-state index >= 15 is 0 Å². The monoisotopic (exact) mass is 217 g/mol. The van der Waals surface area contributed by atoms with Gasteiger partial charge in [0.05, 0.1) is 5.69 Å². The minimum atomic E-state index is 0.132. The second-order valence-electron chi connectivity index (χ2n) is 4.31. The van der Waals surface area contributed by atoms with Crippen molar-refractivity contribution >= 4 is 0 Å². The zero-order valence-corrected chi connectivity index (χ0v) is 9.35. The molecule has 16 heavy (non-hydrogen) atoms. The van der Waals surface area contributed by atoms with Crippen LogP contribution in [0.2, 0.25) is 0 Å². The van der Waals surface area contributed by atoms with E-state index in [1.54, 1.807) is 12.7 Å². The van der Waals surface area contributed by atoms with Gasteiger partial charge in [0, 0.05) is 5.69 Å². The number of aromatic amines is 1. The van der Waals surface area contributed by atoms with E-state index in [0.29, 0.717) is 0 Å². The fourth-order valence-electron chi connectivity index (χ4n) is 2.22. The van der Waals surface area contributed by atoms with E-state index in [9.17, 15) is 0 Å². The third kappa shape index (κ3) is 1.52. The maximum Gasteiger partial charge on any atom is 0.137 e. The first-order chi connectivity index (χ1) is 7.84. The molecule has 0 spiro atoms. The molecule has 84 valence electrons. The van der Waals surface area contributed by atoms with Gasteiger partial charge in [-0.3, -0.25) is 0 Å². The number of fused-ring (bicyclic) bond motifs is 1. The molecular weight excluding hydrogens is 202 g/mol.